The van der Waals surface area contributed by atoms with Crippen molar-refractivity contribution in [2.45, 2.75) is 25.8 Å². The largest absolute Gasteiger partial charge is 0.487 e. The molecule has 1 atom stereocenters. The van der Waals surface area contributed by atoms with Gasteiger partial charge in [-0.15, -0.1) is 0 Å². The van der Waals surface area contributed by atoms with Crippen molar-refractivity contribution in [3.8, 4) is 5.75 Å². The van der Waals surface area contributed by atoms with E-state index in [9.17, 15) is 9.59 Å². The fourth-order valence-electron chi connectivity index (χ4n) is 2.61. The number of halogens is 1. The third kappa shape index (κ3) is 4.36. The highest BCUT2D eigenvalue weighted by Gasteiger charge is 2.32. The van der Waals surface area contributed by atoms with E-state index in [1.807, 2.05) is 0 Å². The van der Waals surface area contributed by atoms with Crippen LogP contribution in [0.25, 0.3) is 0 Å². The van der Waals surface area contributed by atoms with Gasteiger partial charge in [0.05, 0.1) is 17.3 Å². The molecule has 0 radical (unpaired) electrons. The van der Waals surface area contributed by atoms with Crippen LogP contribution in [0.4, 0.5) is 5.69 Å². The zero-order valence-electron chi connectivity index (χ0n) is 13.3. The number of benzene rings is 1. The van der Waals surface area contributed by atoms with Gasteiger partial charge in [0.15, 0.2) is 5.75 Å². The number of nitrogens with one attached hydrogen (secondary N) is 1. The Bertz CT molecular complexity index is 579. The Labute approximate surface area is 140 Å². The monoisotopic (exact) mass is 340 g/mol. The quantitative estimate of drug-likeness (QED) is 0.807. The van der Waals surface area contributed by atoms with E-state index in [0.717, 1.165) is 6.42 Å². The molecule has 6 nitrogen and oxygen atoms in total. The van der Waals surface area contributed by atoms with Gasteiger partial charge in [-0.3, -0.25) is 9.59 Å². The molecule has 1 aromatic carbocycles. The zero-order chi connectivity index (χ0) is 16.8. The third-order valence-electron chi connectivity index (χ3n) is 3.72. The predicted molar refractivity (Wildman–Crippen MR) is 87.9 cm³/mol. The zero-order valence-corrected chi connectivity index (χ0v) is 14.1. The van der Waals surface area contributed by atoms with Crippen LogP contribution >= 0.6 is 11.6 Å². The number of rotatable bonds is 6. The molecular weight excluding hydrogens is 320 g/mol. The predicted octanol–water partition coefficient (Wildman–Crippen LogP) is 2.31. The second-order valence-electron chi connectivity index (χ2n) is 5.32. The van der Waals surface area contributed by atoms with Gasteiger partial charge in [0.2, 0.25) is 11.8 Å². The third-order valence-corrected chi connectivity index (χ3v) is 4.02. The topological polar surface area (TPSA) is 67.9 Å². The summed E-state index contributed by atoms with van der Waals surface area (Å²) in [6, 6.07) is 4.70. The molecule has 0 aliphatic carbocycles. The first-order valence-electron chi connectivity index (χ1n) is 7.53. The number of carbonyl (C=O) groups excluding carboxylic acids is 2. The van der Waals surface area contributed by atoms with Gasteiger partial charge in [0, 0.05) is 20.6 Å². The van der Waals surface area contributed by atoms with E-state index in [2.05, 4.69) is 5.32 Å². The van der Waals surface area contributed by atoms with Crippen molar-refractivity contribution >= 4 is 29.1 Å². The molecular formula is C16H21ClN2O4. The molecule has 1 aliphatic heterocycles. The number of likely N-dealkylation sites (tertiary alicyclic amines) is 1. The normalized spacial score (nSPS) is 17.2. The highest BCUT2D eigenvalue weighted by atomic mass is 35.5. The summed E-state index contributed by atoms with van der Waals surface area (Å²) in [7, 11) is 1.58. The molecule has 1 saturated heterocycles. The van der Waals surface area contributed by atoms with Crippen molar-refractivity contribution in [1.82, 2.24) is 4.90 Å². The summed E-state index contributed by atoms with van der Waals surface area (Å²) in [5, 5.41) is 3.23. The van der Waals surface area contributed by atoms with E-state index in [0.29, 0.717) is 42.6 Å². The Morgan fingerprint density at radius 3 is 2.87 bits per heavy atom. The lowest BCUT2D eigenvalue weighted by Gasteiger charge is -2.23. The number of methoxy groups -OCH3 is 1. The maximum absolute atomic E-state index is 12.5. The van der Waals surface area contributed by atoms with Crippen LogP contribution in [-0.2, 0) is 14.3 Å². The molecule has 7 heteroatoms. The van der Waals surface area contributed by atoms with Crippen LogP contribution in [0.5, 0.6) is 5.75 Å². The van der Waals surface area contributed by atoms with Gasteiger partial charge in [-0.25, -0.2) is 0 Å². The summed E-state index contributed by atoms with van der Waals surface area (Å²) >= 11 is 6.15. The second kappa shape index (κ2) is 8.17. The van der Waals surface area contributed by atoms with Crippen LogP contribution in [0.1, 0.15) is 19.8 Å². The van der Waals surface area contributed by atoms with Crippen molar-refractivity contribution < 1.29 is 19.1 Å². The summed E-state index contributed by atoms with van der Waals surface area (Å²) in [6.45, 7) is 2.83. The van der Waals surface area contributed by atoms with Crippen molar-refractivity contribution in [2.24, 2.45) is 0 Å². The molecule has 126 valence electrons. The van der Waals surface area contributed by atoms with E-state index < -0.39 is 6.04 Å². The molecule has 1 aromatic rings. The summed E-state index contributed by atoms with van der Waals surface area (Å²) in [5.74, 6) is 0.0915. The molecule has 1 heterocycles. The first kappa shape index (κ1) is 17.6. The first-order chi connectivity index (χ1) is 11.0. The van der Waals surface area contributed by atoms with Crippen molar-refractivity contribution in [1.29, 1.82) is 0 Å². The lowest BCUT2D eigenvalue weighted by Crippen LogP contribution is -2.42. The average molecular weight is 341 g/mol. The highest BCUT2D eigenvalue weighted by Crippen LogP contribution is 2.33. The number of hydrogen-bond donors (Lipinski definition) is 1. The van der Waals surface area contributed by atoms with E-state index in [4.69, 9.17) is 21.1 Å². The van der Waals surface area contributed by atoms with Gasteiger partial charge < -0.3 is 19.7 Å². The number of carbonyl (C=O) groups is 2. The number of ether oxygens (including phenoxy) is 2. The Morgan fingerprint density at radius 2 is 2.17 bits per heavy atom. The smallest absolute Gasteiger partial charge is 0.247 e. The Morgan fingerprint density at radius 1 is 1.39 bits per heavy atom. The standard InChI is InChI=1S/C16H21ClN2O4/c1-11(20)19-8-4-7-14(19)16(21)18-13-6-3-5-12(17)15(13)23-10-9-22-2/h3,5-6,14H,4,7-10H2,1-2H3,(H,18,21)/t14-/m0/s1. The van der Waals surface area contributed by atoms with Crippen molar-refractivity contribution in [3.63, 3.8) is 0 Å². The number of hydrogen-bond acceptors (Lipinski definition) is 4. The summed E-state index contributed by atoms with van der Waals surface area (Å²) < 4.78 is 10.5. The van der Waals surface area contributed by atoms with Gasteiger partial charge in [0.1, 0.15) is 12.6 Å². The number of anilines is 1. The van der Waals surface area contributed by atoms with E-state index in [-0.39, 0.29) is 11.8 Å². The minimum Gasteiger partial charge on any atom is -0.487 e. The van der Waals surface area contributed by atoms with E-state index >= 15 is 0 Å². The fraction of sp³-hybridized carbons (Fsp3) is 0.500. The van der Waals surface area contributed by atoms with Gasteiger partial charge >= 0.3 is 0 Å². The molecule has 23 heavy (non-hydrogen) atoms. The summed E-state index contributed by atoms with van der Waals surface area (Å²) in [6.07, 6.45) is 1.48. The molecule has 0 saturated carbocycles. The molecule has 2 rings (SSSR count). The molecule has 1 N–H and O–H groups in total. The summed E-state index contributed by atoms with van der Waals surface area (Å²) in [4.78, 5) is 25.7. The van der Waals surface area contributed by atoms with Crippen LogP contribution in [0.2, 0.25) is 5.02 Å². The SMILES string of the molecule is COCCOc1c(Cl)cccc1NC(=O)[C@@H]1CCCN1C(C)=O. The molecule has 2 amide bonds. The van der Waals surface area contributed by atoms with E-state index in [1.54, 1.807) is 30.2 Å². The molecule has 0 aromatic heterocycles. The van der Waals surface area contributed by atoms with Gasteiger partial charge in [-0.2, -0.15) is 0 Å². The maximum atomic E-state index is 12.5. The molecule has 1 fully saturated rings. The Kier molecular flexibility index (Phi) is 6.24. The molecule has 0 spiro atoms. The molecule has 0 unspecified atom stereocenters. The Balaban J connectivity index is 2.11. The number of nitrogens with zero attached hydrogens (tertiary/aromatic N) is 1. The van der Waals surface area contributed by atoms with Crippen LogP contribution in [0.3, 0.4) is 0 Å². The van der Waals surface area contributed by atoms with Crippen LogP contribution in [0, 0.1) is 0 Å². The van der Waals surface area contributed by atoms with E-state index in [1.165, 1.54) is 6.92 Å². The Hall–Kier alpha value is -1.79. The first-order valence-corrected chi connectivity index (χ1v) is 7.90. The number of para-hydroxylation sites is 1. The maximum Gasteiger partial charge on any atom is 0.247 e. The van der Waals surface area contributed by atoms with Gasteiger partial charge in [-0.05, 0) is 25.0 Å². The average Bonchev–Trinajstić information content (AvgIpc) is 3.00. The molecule has 1 aliphatic rings. The van der Waals surface area contributed by atoms with Gasteiger partial charge in [-0.1, -0.05) is 17.7 Å². The van der Waals surface area contributed by atoms with Crippen molar-refractivity contribution in [2.75, 3.05) is 32.2 Å². The minimum absolute atomic E-state index is 0.0923. The minimum atomic E-state index is -0.446. The number of amides is 2. The fourth-order valence-corrected chi connectivity index (χ4v) is 2.84. The molecule has 0 bridgehead atoms. The van der Waals surface area contributed by atoms with Crippen molar-refractivity contribution in [3.05, 3.63) is 23.2 Å². The summed E-state index contributed by atoms with van der Waals surface area (Å²) in [5.41, 5.74) is 0.494. The van der Waals surface area contributed by atoms with Crippen LogP contribution in [0.15, 0.2) is 18.2 Å². The van der Waals surface area contributed by atoms with Crippen LogP contribution < -0.4 is 10.1 Å². The lowest BCUT2D eigenvalue weighted by molar-refractivity contribution is -0.134. The second-order valence-corrected chi connectivity index (χ2v) is 5.72. The van der Waals surface area contributed by atoms with Gasteiger partial charge in [0.25, 0.3) is 0 Å². The highest BCUT2D eigenvalue weighted by molar-refractivity contribution is 6.32. The van der Waals surface area contributed by atoms with Crippen LogP contribution in [-0.4, -0.2) is 49.6 Å². The lowest BCUT2D eigenvalue weighted by atomic mass is 10.2.